The molecule has 1 aromatic heterocycles. The van der Waals surface area contributed by atoms with Gasteiger partial charge in [0.15, 0.2) is 6.10 Å². The number of hydrogen-bond acceptors (Lipinski definition) is 9. The molecule has 0 amide bonds. The number of ether oxygens (including phenoxy) is 3. The predicted octanol–water partition coefficient (Wildman–Crippen LogP) is 2.19. The predicted molar refractivity (Wildman–Crippen MR) is 122 cm³/mol. The topological polar surface area (TPSA) is 136 Å². The van der Waals surface area contributed by atoms with Crippen LogP contribution in [0.2, 0.25) is 0 Å². The first-order chi connectivity index (χ1) is 16.9. The van der Waals surface area contributed by atoms with Crippen LogP contribution in [0.3, 0.4) is 0 Å². The van der Waals surface area contributed by atoms with Crippen LogP contribution in [-0.2, 0) is 28.6 Å². The Bertz CT molecular complexity index is 1130. The second-order valence-electron chi connectivity index (χ2n) is 12.6. The Kier molecular flexibility index (Phi) is 4.83. The van der Waals surface area contributed by atoms with Crippen LogP contribution in [-0.4, -0.2) is 59.0 Å². The first kappa shape index (κ1) is 24.1. The lowest BCUT2D eigenvalue weighted by molar-refractivity contribution is -0.227. The van der Waals surface area contributed by atoms with E-state index in [1.165, 1.54) is 7.11 Å². The highest BCUT2D eigenvalue weighted by atomic mass is 16.6. The number of methoxy groups -OCH3 is 1. The minimum absolute atomic E-state index is 0.137. The molecular weight excluding hydrogens is 468 g/mol. The third-order valence-corrected chi connectivity index (χ3v) is 10.8. The number of epoxide rings is 1. The molecule has 6 rings (SSSR count). The molecule has 11 atom stereocenters. The Morgan fingerprint density at radius 3 is 2.56 bits per heavy atom. The maximum atomic E-state index is 14.1. The summed E-state index contributed by atoms with van der Waals surface area (Å²) in [4.78, 5) is 39.6. The lowest BCUT2D eigenvalue weighted by Crippen LogP contribution is -2.74. The van der Waals surface area contributed by atoms with Crippen molar-refractivity contribution in [1.82, 2.24) is 0 Å². The first-order valence-electron chi connectivity index (χ1n) is 12.7. The van der Waals surface area contributed by atoms with E-state index in [0.717, 1.165) is 5.56 Å². The van der Waals surface area contributed by atoms with Crippen LogP contribution in [0.5, 0.6) is 0 Å². The normalized spacial score (nSPS) is 49.1. The lowest BCUT2D eigenvalue weighted by Gasteiger charge is -2.65. The average molecular weight is 503 g/mol. The summed E-state index contributed by atoms with van der Waals surface area (Å²) >= 11 is 0. The van der Waals surface area contributed by atoms with E-state index >= 15 is 0 Å². The Labute approximate surface area is 209 Å². The number of cyclic esters (lactones) is 1. The number of carbonyl (C=O) groups is 3. The van der Waals surface area contributed by atoms with Crippen molar-refractivity contribution in [3.05, 3.63) is 24.2 Å². The number of fused-ring (bicyclic) bond motifs is 5. The largest absolute Gasteiger partial charge is 0.472 e. The molecule has 196 valence electrons. The minimum Gasteiger partial charge on any atom is -0.472 e. The molecule has 5 fully saturated rings. The van der Waals surface area contributed by atoms with Crippen molar-refractivity contribution in [2.45, 2.75) is 77.0 Å². The van der Waals surface area contributed by atoms with Gasteiger partial charge in [0, 0.05) is 34.1 Å². The molecular formula is C27H34O9. The summed E-state index contributed by atoms with van der Waals surface area (Å²) in [6.07, 6.45) is 0.737. The number of rotatable bonds is 3. The van der Waals surface area contributed by atoms with Crippen LogP contribution in [0.25, 0.3) is 0 Å². The molecule has 2 N–H and O–H groups in total. The molecule has 2 saturated heterocycles. The molecule has 9 heteroatoms. The first-order valence-corrected chi connectivity index (χ1v) is 12.7. The van der Waals surface area contributed by atoms with Gasteiger partial charge in [-0.25, -0.2) is 4.79 Å². The maximum Gasteiger partial charge on any atom is 0.335 e. The smallest absolute Gasteiger partial charge is 0.335 e. The van der Waals surface area contributed by atoms with Crippen molar-refractivity contribution in [3.8, 4) is 0 Å². The fourth-order valence-corrected chi connectivity index (χ4v) is 9.30. The quantitative estimate of drug-likeness (QED) is 0.471. The van der Waals surface area contributed by atoms with Crippen molar-refractivity contribution in [2.75, 3.05) is 7.11 Å². The van der Waals surface area contributed by atoms with Crippen LogP contribution in [0.1, 0.15) is 58.6 Å². The van der Waals surface area contributed by atoms with Gasteiger partial charge in [-0.15, -0.1) is 0 Å². The fourth-order valence-electron chi connectivity index (χ4n) is 9.30. The number of ketones is 1. The Morgan fingerprint density at radius 1 is 1.19 bits per heavy atom. The van der Waals surface area contributed by atoms with Gasteiger partial charge in [-0.3, -0.25) is 9.59 Å². The van der Waals surface area contributed by atoms with Gasteiger partial charge >= 0.3 is 11.9 Å². The lowest BCUT2D eigenvalue weighted by atomic mass is 9.37. The van der Waals surface area contributed by atoms with E-state index < -0.39 is 64.1 Å². The van der Waals surface area contributed by atoms with E-state index in [2.05, 4.69) is 6.92 Å². The molecule has 0 aromatic carbocycles. The molecule has 1 aromatic rings. The van der Waals surface area contributed by atoms with E-state index in [0.29, 0.717) is 12.8 Å². The summed E-state index contributed by atoms with van der Waals surface area (Å²) in [6.45, 7) is 7.50. The molecule has 3 aliphatic carbocycles. The molecule has 5 aliphatic rings. The van der Waals surface area contributed by atoms with Crippen molar-refractivity contribution < 1.29 is 43.2 Å². The summed E-state index contributed by atoms with van der Waals surface area (Å²) in [6, 6.07) is 1.80. The van der Waals surface area contributed by atoms with Gasteiger partial charge in [0.05, 0.1) is 38.1 Å². The molecule has 3 heterocycles. The highest BCUT2D eigenvalue weighted by Gasteiger charge is 2.86. The second-order valence-corrected chi connectivity index (χ2v) is 12.6. The van der Waals surface area contributed by atoms with E-state index in [1.54, 1.807) is 32.4 Å². The van der Waals surface area contributed by atoms with Crippen molar-refractivity contribution in [3.63, 3.8) is 0 Å². The van der Waals surface area contributed by atoms with Gasteiger partial charge in [0.25, 0.3) is 0 Å². The van der Waals surface area contributed by atoms with Gasteiger partial charge < -0.3 is 28.8 Å². The molecule has 36 heavy (non-hydrogen) atoms. The zero-order valence-electron chi connectivity index (χ0n) is 21.2. The summed E-state index contributed by atoms with van der Waals surface area (Å²) < 4.78 is 22.6. The number of furan rings is 1. The van der Waals surface area contributed by atoms with Crippen LogP contribution >= 0.6 is 0 Å². The standard InChI is InChI=1S/C27H34O9/c1-24(2)18(17(29)23(32)33-5)26(4)13-6-8-25(3)14(10-15(28)35-21(25)12-7-9-34-11-12)27(13)22(36-27)16(19(24)30)20(26)31/h7,9,11,13-14,16-19,21-22,29-30H,6,8,10H2,1-5H3/t13-,14-,16-,17?,18+,19+,21+,22+,25-,26-,27-/m1/s1. The van der Waals surface area contributed by atoms with Crippen molar-refractivity contribution in [2.24, 2.45) is 39.9 Å². The van der Waals surface area contributed by atoms with Crippen LogP contribution in [0, 0.1) is 39.9 Å². The maximum absolute atomic E-state index is 14.1. The van der Waals surface area contributed by atoms with E-state index in [4.69, 9.17) is 18.6 Å². The van der Waals surface area contributed by atoms with Crippen molar-refractivity contribution >= 4 is 17.7 Å². The summed E-state index contributed by atoms with van der Waals surface area (Å²) in [5.41, 5.74) is -2.67. The molecule has 3 saturated carbocycles. The summed E-state index contributed by atoms with van der Waals surface area (Å²) in [7, 11) is 1.20. The number of aliphatic hydroxyl groups excluding tert-OH is 2. The Hall–Kier alpha value is -2.23. The van der Waals surface area contributed by atoms with E-state index in [-0.39, 0.29) is 30.0 Å². The molecule has 2 aliphatic heterocycles. The molecule has 2 bridgehead atoms. The third-order valence-electron chi connectivity index (χ3n) is 10.8. The number of esters is 2. The molecule has 1 unspecified atom stereocenters. The third kappa shape index (κ3) is 2.59. The van der Waals surface area contributed by atoms with Gasteiger partial charge in [0.1, 0.15) is 23.6 Å². The zero-order valence-corrected chi connectivity index (χ0v) is 21.2. The fraction of sp³-hybridized carbons (Fsp3) is 0.741. The zero-order chi connectivity index (χ0) is 26.0. The number of hydrogen-bond donors (Lipinski definition) is 2. The summed E-state index contributed by atoms with van der Waals surface area (Å²) in [5, 5.41) is 22.7. The highest BCUT2D eigenvalue weighted by Crippen LogP contribution is 2.77. The monoisotopic (exact) mass is 502 g/mol. The molecule has 1 spiro atoms. The number of carbonyl (C=O) groups excluding carboxylic acids is 3. The number of aliphatic hydroxyl groups is 2. The highest BCUT2D eigenvalue weighted by molar-refractivity contribution is 5.93. The van der Waals surface area contributed by atoms with Gasteiger partial charge in [-0.05, 0) is 24.3 Å². The minimum atomic E-state index is -1.59. The van der Waals surface area contributed by atoms with E-state index in [1.807, 2.05) is 6.92 Å². The molecule has 0 radical (unpaired) electrons. The second kappa shape index (κ2) is 7.20. The Balaban J connectivity index is 1.50. The number of Topliss-reactive ketones (excluding diaryl/α,β-unsaturated/α-hetero) is 1. The van der Waals surface area contributed by atoms with Crippen molar-refractivity contribution in [1.29, 1.82) is 0 Å². The van der Waals surface area contributed by atoms with Crippen LogP contribution < -0.4 is 0 Å². The van der Waals surface area contributed by atoms with Gasteiger partial charge in [0.2, 0.25) is 0 Å². The van der Waals surface area contributed by atoms with Gasteiger partial charge in [-0.2, -0.15) is 0 Å². The van der Waals surface area contributed by atoms with E-state index in [9.17, 15) is 24.6 Å². The Morgan fingerprint density at radius 2 is 1.92 bits per heavy atom. The van der Waals surface area contributed by atoms with Crippen LogP contribution in [0.15, 0.2) is 23.0 Å². The van der Waals surface area contributed by atoms with Crippen LogP contribution in [0.4, 0.5) is 0 Å². The SMILES string of the molecule is COC(=O)C(O)[C@H]1C(C)(C)[C@@H](O)[C@@H]2C(=O)[C@]1(C)[C@H]1CC[C@]3(C)[C@@H](CC(=O)O[C@H]3c3ccoc3)[C@]13O[C@@H]23. The van der Waals surface area contributed by atoms with Gasteiger partial charge in [-0.1, -0.05) is 27.7 Å². The average Bonchev–Trinajstić information content (AvgIpc) is 3.28. The molecule has 9 nitrogen and oxygen atoms in total. The summed E-state index contributed by atoms with van der Waals surface area (Å²) in [5.74, 6) is -3.67.